The van der Waals surface area contributed by atoms with Gasteiger partial charge in [0, 0.05) is 38.1 Å². The largest absolute Gasteiger partial charge is 0.379 e. The van der Waals surface area contributed by atoms with Crippen LogP contribution in [0, 0.1) is 5.92 Å². The van der Waals surface area contributed by atoms with E-state index in [0.29, 0.717) is 29.1 Å². The van der Waals surface area contributed by atoms with Gasteiger partial charge in [0.1, 0.15) is 5.41 Å². The number of benzene rings is 2. The number of hydrogen-bond acceptors (Lipinski definition) is 3. The summed E-state index contributed by atoms with van der Waals surface area (Å²) in [5, 5.41) is 0. The molecular formula is C25H32N2O2. The molecule has 154 valence electrons. The number of carbonyl (C=O) groups is 1. The number of rotatable bonds is 6. The van der Waals surface area contributed by atoms with E-state index < -0.39 is 44.0 Å². The average Bonchev–Trinajstić information content (AvgIpc) is 3.37. The summed E-state index contributed by atoms with van der Waals surface area (Å²) in [4.78, 5) is 16.8. The maximum Gasteiger partial charge on any atom is 0.238 e. The zero-order valence-electron chi connectivity index (χ0n) is 24.6. The van der Waals surface area contributed by atoms with E-state index in [1.54, 1.807) is 11.8 Å². The smallest absolute Gasteiger partial charge is 0.238 e. The van der Waals surface area contributed by atoms with Gasteiger partial charge in [-0.05, 0) is 29.9 Å². The van der Waals surface area contributed by atoms with Crippen LogP contribution in [0.4, 0.5) is 0 Å². The van der Waals surface area contributed by atoms with Crippen LogP contribution in [-0.2, 0) is 14.9 Å². The van der Waals surface area contributed by atoms with Crippen molar-refractivity contribution in [3.63, 3.8) is 0 Å². The second-order valence-electron chi connectivity index (χ2n) is 7.58. The van der Waals surface area contributed by atoms with Crippen LogP contribution in [-0.4, -0.2) is 61.5 Å². The van der Waals surface area contributed by atoms with E-state index >= 15 is 0 Å². The molecule has 0 N–H and O–H groups in total. The molecule has 0 radical (unpaired) electrons. The van der Waals surface area contributed by atoms with Crippen LogP contribution < -0.4 is 0 Å². The van der Waals surface area contributed by atoms with Crippen LogP contribution in [0.3, 0.4) is 0 Å². The Balaban J connectivity index is 1.91. The molecule has 29 heavy (non-hydrogen) atoms. The first-order chi connectivity index (χ1) is 17.2. The number of ether oxygens (including phenoxy) is 1. The number of amides is 1. The highest BCUT2D eigenvalue weighted by Gasteiger charge is 2.49. The molecule has 2 fully saturated rings. The van der Waals surface area contributed by atoms with E-state index in [-0.39, 0.29) is 5.91 Å². The molecule has 4 heteroatoms. The van der Waals surface area contributed by atoms with Gasteiger partial charge in [0.05, 0.1) is 18.6 Å². The van der Waals surface area contributed by atoms with E-state index in [2.05, 4.69) is 4.74 Å². The summed E-state index contributed by atoms with van der Waals surface area (Å²) >= 11 is 0. The number of nitrogens with zero attached hydrogens (tertiary/aromatic N) is 2. The summed E-state index contributed by atoms with van der Waals surface area (Å²) in [5.41, 5.74) is -0.0754. The van der Waals surface area contributed by atoms with Crippen LogP contribution in [0.2, 0.25) is 0 Å². The minimum absolute atomic E-state index is 0.199. The Hall–Kier alpha value is -2.17. The minimum Gasteiger partial charge on any atom is -0.379 e. The van der Waals surface area contributed by atoms with Crippen LogP contribution in [0.5, 0.6) is 0 Å². The lowest BCUT2D eigenvalue weighted by molar-refractivity contribution is -0.137. The third kappa shape index (κ3) is 3.96. The van der Waals surface area contributed by atoms with Crippen LogP contribution in [0.1, 0.15) is 41.9 Å². The lowest BCUT2D eigenvalue weighted by atomic mass is 9.65. The van der Waals surface area contributed by atoms with E-state index in [1.807, 2.05) is 60.7 Å². The second kappa shape index (κ2) is 9.10. The van der Waals surface area contributed by atoms with Crippen molar-refractivity contribution in [1.82, 2.24) is 9.80 Å². The van der Waals surface area contributed by atoms with Gasteiger partial charge < -0.3 is 9.64 Å². The Kier molecular flexibility index (Phi) is 3.93. The van der Waals surface area contributed by atoms with Crippen molar-refractivity contribution in [2.75, 3.05) is 45.7 Å². The predicted molar refractivity (Wildman–Crippen MR) is 116 cm³/mol. The summed E-state index contributed by atoms with van der Waals surface area (Å²) in [5.74, 6) is -1.00. The molecule has 0 bridgehead atoms. The Labute approximate surface area is 185 Å². The normalized spacial score (nSPS) is 30.3. The first kappa shape index (κ1) is 12.5. The van der Waals surface area contributed by atoms with Crippen molar-refractivity contribution < 1.29 is 20.5 Å². The van der Waals surface area contributed by atoms with Crippen LogP contribution >= 0.6 is 0 Å². The highest BCUT2D eigenvalue weighted by Crippen LogP contribution is 2.42. The molecule has 0 spiro atoms. The molecule has 2 aliphatic rings. The van der Waals surface area contributed by atoms with Gasteiger partial charge in [0.15, 0.2) is 0 Å². The van der Waals surface area contributed by atoms with Gasteiger partial charge >= 0.3 is 0 Å². The fourth-order valence-corrected chi connectivity index (χ4v) is 4.48. The SMILES string of the molecule is [2H]C1([2H])OC([2H])([2H])C([2H])([2H])N(C[C@@H](C)C(C(=O)N2CCCC2)(c2ccccc2)c2ccccc2)C1([2H])[2H]. The first-order valence-electron chi connectivity index (χ1n) is 14.1. The van der Waals surface area contributed by atoms with Crippen molar-refractivity contribution in [2.24, 2.45) is 5.92 Å². The molecular weight excluding hydrogens is 360 g/mol. The number of likely N-dealkylation sites (tertiary alicyclic amines) is 1. The van der Waals surface area contributed by atoms with Crippen molar-refractivity contribution in [3.05, 3.63) is 71.8 Å². The van der Waals surface area contributed by atoms with Gasteiger partial charge in [0.25, 0.3) is 0 Å². The fourth-order valence-electron chi connectivity index (χ4n) is 4.48. The zero-order chi connectivity index (χ0) is 27.3. The lowest BCUT2D eigenvalue weighted by Crippen LogP contribution is -2.54. The molecule has 4 nitrogen and oxygen atoms in total. The molecule has 0 aromatic heterocycles. The van der Waals surface area contributed by atoms with E-state index in [9.17, 15) is 4.79 Å². The molecule has 0 saturated carbocycles. The average molecular weight is 401 g/mol. The van der Waals surface area contributed by atoms with Gasteiger partial charge in [0.2, 0.25) is 5.91 Å². The summed E-state index contributed by atoms with van der Waals surface area (Å²) in [6, 6.07) is 18.2. The topological polar surface area (TPSA) is 32.8 Å². The van der Waals surface area contributed by atoms with Crippen molar-refractivity contribution in [3.8, 4) is 0 Å². The molecule has 1 amide bonds. The van der Waals surface area contributed by atoms with Gasteiger partial charge in [-0.1, -0.05) is 67.6 Å². The summed E-state index contributed by atoms with van der Waals surface area (Å²) < 4.78 is 71.0. The van der Waals surface area contributed by atoms with E-state index in [1.165, 1.54) is 0 Å². The molecule has 2 aliphatic heterocycles. The van der Waals surface area contributed by atoms with Gasteiger partial charge in [-0.2, -0.15) is 0 Å². The van der Waals surface area contributed by atoms with E-state index in [0.717, 1.165) is 12.8 Å². The third-order valence-corrected chi connectivity index (χ3v) is 5.85. The summed E-state index contributed by atoms with van der Waals surface area (Å²) in [6.45, 7) is -9.99. The van der Waals surface area contributed by atoms with Gasteiger partial charge in [-0.25, -0.2) is 0 Å². The molecule has 0 aliphatic carbocycles. The summed E-state index contributed by atoms with van der Waals surface area (Å²) in [7, 11) is 0. The Bertz CT molecular complexity index is 1040. The Morgan fingerprint density at radius 2 is 1.52 bits per heavy atom. The molecule has 2 heterocycles. The maximum atomic E-state index is 14.5. The standard InChI is InChI=1S/C25H32N2O2/c1-21(20-26-16-18-29-19-17-26)25(22-10-4-2-5-11-22,23-12-6-3-7-13-23)24(28)27-14-8-9-15-27/h2-7,10-13,21H,8-9,14-20H2,1H3/t21-/m1/s1/i16D2,17D2,18D2,19D2. The summed E-state index contributed by atoms with van der Waals surface area (Å²) in [6.07, 6.45) is 1.71. The minimum atomic E-state index is -3.15. The van der Waals surface area contributed by atoms with Gasteiger partial charge in [-0.3, -0.25) is 9.69 Å². The zero-order valence-corrected chi connectivity index (χ0v) is 16.6. The highest BCUT2D eigenvalue weighted by molar-refractivity contribution is 5.92. The predicted octanol–water partition coefficient (Wildman–Crippen LogP) is 3.56. The van der Waals surface area contributed by atoms with Crippen molar-refractivity contribution in [1.29, 1.82) is 0 Å². The van der Waals surface area contributed by atoms with Crippen molar-refractivity contribution >= 4 is 5.91 Å². The lowest BCUT2D eigenvalue weighted by Gasteiger charge is -2.43. The number of carbonyl (C=O) groups excluding carboxylic acids is 1. The molecule has 2 saturated heterocycles. The molecule has 4 rings (SSSR count). The quantitative estimate of drug-likeness (QED) is 0.743. The second-order valence-corrected chi connectivity index (χ2v) is 7.58. The molecule has 1 atom stereocenters. The van der Waals surface area contributed by atoms with Crippen LogP contribution in [0.25, 0.3) is 0 Å². The molecule has 2 aromatic carbocycles. The molecule has 2 aromatic rings. The highest BCUT2D eigenvalue weighted by atomic mass is 16.5. The number of morpholine rings is 1. The Morgan fingerprint density at radius 3 is 2.03 bits per heavy atom. The number of hydrogen-bond donors (Lipinski definition) is 0. The molecule has 0 unspecified atom stereocenters. The van der Waals surface area contributed by atoms with Crippen LogP contribution in [0.15, 0.2) is 60.7 Å². The maximum absolute atomic E-state index is 14.5. The Morgan fingerprint density at radius 1 is 1.00 bits per heavy atom. The third-order valence-electron chi connectivity index (χ3n) is 5.85. The monoisotopic (exact) mass is 400 g/mol. The fraction of sp³-hybridized carbons (Fsp3) is 0.480. The van der Waals surface area contributed by atoms with Crippen molar-refractivity contribution in [2.45, 2.75) is 25.2 Å². The first-order valence-corrected chi connectivity index (χ1v) is 10.1. The van der Waals surface area contributed by atoms with Gasteiger partial charge in [-0.15, -0.1) is 0 Å². The van der Waals surface area contributed by atoms with E-state index in [4.69, 9.17) is 11.0 Å².